The van der Waals surface area contributed by atoms with Crippen molar-refractivity contribution in [3.63, 3.8) is 0 Å². The van der Waals surface area contributed by atoms with E-state index < -0.39 is 21.9 Å². The molecule has 2 N–H and O–H groups in total. The Morgan fingerprint density at radius 2 is 2.02 bits per heavy atom. The number of methoxy groups -OCH3 is 1. The maximum absolute atomic E-state index is 14.2. The maximum Gasteiger partial charge on any atom is 0.327 e. The van der Waals surface area contributed by atoms with E-state index in [0.29, 0.717) is 30.4 Å². The van der Waals surface area contributed by atoms with Crippen LogP contribution in [0.4, 0.5) is 10.5 Å². The number of anilines is 1. The van der Waals surface area contributed by atoms with E-state index in [4.69, 9.17) is 9.47 Å². The van der Waals surface area contributed by atoms with E-state index in [1.807, 2.05) is 30.8 Å². The van der Waals surface area contributed by atoms with E-state index in [-0.39, 0.29) is 28.6 Å². The molecule has 0 radical (unpaired) electrons. The molecule has 2 fully saturated rings. The highest BCUT2D eigenvalue weighted by Crippen LogP contribution is 2.49. The molecule has 2 aliphatic carbocycles. The molecule has 11 heteroatoms. The minimum Gasteiger partial charge on any atom is -0.490 e. The Labute approximate surface area is 282 Å². The van der Waals surface area contributed by atoms with Crippen LogP contribution in [0.2, 0.25) is 0 Å². The number of hydrogen-bond donors (Lipinski definition) is 2. The summed E-state index contributed by atoms with van der Waals surface area (Å²) in [4.78, 5) is 29.0. The van der Waals surface area contributed by atoms with Gasteiger partial charge in [-0.1, -0.05) is 42.8 Å². The molecule has 1 unspecified atom stereocenters. The van der Waals surface area contributed by atoms with Gasteiger partial charge < -0.3 is 19.7 Å². The number of allylic oxidation sites excluding steroid dienone is 1. The van der Waals surface area contributed by atoms with Gasteiger partial charge in [-0.3, -0.25) is 9.52 Å². The summed E-state index contributed by atoms with van der Waals surface area (Å²) in [6, 6.07) is 11.7. The number of nitrogens with one attached hydrogen (secondary N) is 2. The number of thioether (sulfide) groups is 1. The molecule has 1 spiro atoms. The molecule has 7 rings (SSSR count). The van der Waals surface area contributed by atoms with Gasteiger partial charge in [-0.2, -0.15) is 0 Å². The molecule has 6 atom stereocenters. The lowest BCUT2D eigenvalue weighted by Gasteiger charge is -2.45. The van der Waals surface area contributed by atoms with Crippen LogP contribution in [-0.4, -0.2) is 66.6 Å². The van der Waals surface area contributed by atoms with Crippen LogP contribution >= 0.6 is 11.8 Å². The fraction of sp³-hybridized carbons (Fsp3) is 0.556. The van der Waals surface area contributed by atoms with E-state index in [1.54, 1.807) is 13.2 Å². The van der Waals surface area contributed by atoms with Crippen LogP contribution in [0, 0.1) is 24.7 Å². The van der Waals surface area contributed by atoms with Crippen molar-refractivity contribution in [2.24, 2.45) is 22.1 Å². The average molecular weight is 679 g/mol. The van der Waals surface area contributed by atoms with Gasteiger partial charge in [0.05, 0.1) is 22.3 Å². The zero-order chi connectivity index (χ0) is 32.8. The molecule has 2 bridgehead atoms. The minimum atomic E-state index is -3.41. The van der Waals surface area contributed by atoms with Gasteiger partial charge in [0.15, 0.2) is 0 Å². The van der Waals surface area contributed by atoms with Crippen LogP contribution in [0.5, 0.6) is 5.75 Å². The lowest BCUT2D eigenvalue weighted by molar-refractivity contribution is 0.0134. The number of hydrogen-bond acceptors (Lipinski definition) is 7. The van der Waals surface area contributed by atoms with Gasteiger partial charge >= 0.3 is 6.03 Å². The molecule has 2 aromatic carbocycles. The highest BCUT2D eigenvalue weighted by Gasteiger charge is 2.45. The summed E-state index contributed by atoms with van der Waals surface area (Å²) in [7, 11) is -1.63. The summed E-state index contributed by atoms with van der Waals surface area (Å²) in [5.74, 6) is 1.90. The molecule has 5 aliphatic rings. The largest absolute Gasteiger partial charge is 0.490 e. The second-order valence-electron chi connectivity index (χ2n) is 14.1. The first kappa shape index (κ1) is 32.5. The number of carbonyl (C=O) groups is 2. The van der Waals surface area contributed by atoms with Crippen LogP contribution in [0.3, 0.4) is 0 Å². The number of urea groups is 1. The summed E-state index contributed by atoms with van der Waals surface area (Å²) in [5, 5.41) is 2.83. The second kappa shape index (κ2) is 13.1. The van der Waals surface area contributed by atoms with Gasteiger partial charge in [0, 0.05) is 31.8 Å². The third kappa shape index (κ3) is 6.94. The third-order valence-electron chi connectivity index (χ3n) is 10.4. The number of fused-ring (bicyclic) bond motifs is 4. The maximum atomic E-state index is 14.2. The van der Waals surface area contributed by atoms with Crippen molar-refractivity contribution < 1.29 is 23.3 Å². The molecule has 3 aliphatic heterocycles. The number of rotatable bonds is 3. The molecule has 0 aromatic heterocycles. The fourth-order valence-electron chi connectivity index (χ4n) is 7.58. The highest BCUT2D eigenvalue weighted by atomic mass is 32.2. The molecule has 3 heterocycles. The number of amides is 3. The standard InChI is InChI=1S/C36H46N4O5S2/c1-23-7-13-30-25(17-23)15-16-46-36(30)21-40-19-27-8-12-29(27)32(44-3)6-4-5-24(2)20-47(43,39-35(42)37-28-10-11-28)38-34(41)26-9-14-33(45-22-36)31(40)18-26/h4,6-7,9,13-14,17-18,24,27-29,32H,5,8,10-12,15-16,19-22H2,1-3H3,(H2,37,38,39,41,42,43)/b6-4+/t24-,27-,29+,32-,36+,47?/m0/s1. The van der Waals surface area contributed by atoms with Crippen LogP contribution in [-0.2, 0) is 25.8 Å². The summed E-state index contributed by atoms with van der Waals surface area (Å²) in [6.07, 6.45) is 9.88. The van der Waals surface area contributed by atoms with Gasteiger partial charge in [0.25, 0.3) is 5.91 Å². The smallest absolute Gasteiger partial charge is 0.327 e. The second-order valence-corrected chi connectivity index (χ2v) is 17.6. The molecular formula is C36H46N4O5S2. The van der Waals surface area contributed by atoms with Crippen LogP contribution in [0.15, 0.2) is 52.9 Å². The molecular weight excluding hydrogens is 633 g/mol. The third-order valence-corrected chi connectivity index (χ3v) is 13.8. The van der Waals surface area contributed by atoms with Crippen molar-refractivity contribution in [3.05, 3.63) is 70.8 Å². The number of aryl methyl sites for hydroxylation is 2. The summed E-state index contributed by atoms with van der Waals surface area (Å²) < 4.78 is 33.5. The Balaban J connectivity index is 1.29. The summed E-state index contributed by atoms with van der Waals surface area (Å²) in [6.45, 7) is 6.19. The van der Waals surface area contributed by atoms with Crippen molar-refractivity contribution >= 4 is 39.3 Å². The van der Waals surface area contributed by atoms with Gasteiger partial charge in [0.2, 0.25) is 0 Å². The zero-order valence-corrected chi connectivity index (χ0v) is 29.2. The van der Waals surface area contributed by atoms with E-state index in [1.165, 1.54) is 16.7 Å². The predicted molar refractivity (Wildman–Crippen MR) is 188 cm³/mol. The van der Waals surface area contributed by atoms with Crippen molar-refractivity contribution in [2.45, 2.75) is 69.3 Å². The first-order valence-electron chi connectivity index (χ1n) is 17.0. The Morgan fingerprint density at radius 3 is 2.79 bits per heavy atom. The zero-order valence-electron chi connectivity index (χ0n) is 27.5. The van der Waals surface area contributed by atoms with E-state index >= 15 is 0 Å². The topological polar surface area (TPSA) is 109 Å². The van der Waals surface area contributed by atoms with Crippen molar-refractivity contribution in [1.29, 1.82) is 0 Å². The van der Waals surface area contributed by atoms with Gasteiger partial charge in [0.1, 0.15) is 22.3 Å². The van der Waals surface area contributed by atoms with E-state index in [0.717, 1.165) is 62.4 Å². The number of benzene rings is 2. The molecule has 2 aromatic rings. The SMILES string of the molecule is CO[C@H]1/C=C/C[C@H](C)CS(=O)(NC(=O)NC2CC2)=NC(=O)c2ccc3c(c2)N(C[C@@H]2CC[C@H]21)C[C@]1(CO3)SCCc2cc(C)ccc21. The molecule has 0 saturated heterocycles. The highest BCUT2D eigenvalue weighted by molar-refractivity contribution is 8.00. The van der Waals surface area contributed by atoms with Crippen molar-refractivity contribution in [1.82, 2.24) is 10.0 Å². The Kier molecular flexibility index (Phi) is 9.08. The Bertz CT molecular complexity index is 1700. The Hall–Kier alpha value is -3.02. The number of carbonyl (C=O) groups excluding carboxylic acids is 2. The predicted octanol–water partition coefficient (Wildman–Crippen LogP) is 6.00. The minimum absolute atomic E-state index is 0.0253. The fourth-order valence-corrected chi connectivity index (χ4v) is 10.9. The van der Waals surface area contributed by atoms with Crippen molar-refractivity contribution in [2.75, 3.05) is 43.2 Å². The quantitative estimate of drug-likeness (QED) is 0.384. The summed E-state index contributed by atoms with van der Waals surface area (Å²) in [5.41, 5.74) is 5.16. The number of nitrogens with zero attached hydrogens (tertiary/aromatic N) is 2. The average Bonchev–Trinajstić information content (AvgIpc) is 3.85. The van der Waals surface area contributed by atoms with Crippen molar-refractivity contribution in [3.8, 4) is 5.75 Å². The first-order chi connectivity index (χ1) is 22.6. The van der Waals surface area contributed by atoms with Crippen LogP contribution in [0.25, 0.3) is 0 Å². The number of ether oxygens (including phenoxy) is 2. The normalized spacial score (nSPS) is 32.8. The molecule has 3 amide bonds. The Morgan fingerprint density at radius 1 is 1.17 bits per heavy atom. The summed E-state index contributed by atoms with van der Waals surface area (Å²) >= 11 is 1.97. The monoisotopic (exact) mass is 678 g/mol. The van der Waals surface area contributed by atoms with Gasteiger partial charge in [-0.15, -0.1) is 16.1 Å². The lowest BCUT2D eigenvalue weighted by Crippen LogP contribution is -2.48. The van der Waals surface area contributed by atoms with Crippen LogP contribution < -0.4 is 19.7 Å². The van der Waals surface area contributed by atoms with Crippen LogP contribution in [0.1, 0.15) is 66.1 Å². The lowest BCUT2D eigenvalue weighted by atomic mass is 9.70. The van der Waals surface area contributed by atoms with E-state index in [9.17, 15) is 13.8 Å². The molecule has 47 heavy (non-hydrogen) atoms. The first-order valence-corrected chi connectivity index (χ1v) is 19.6. The molecule has 252 valence electrons. The van der Waals surface area contributed by atoms with Gasteiger partial charge in [-0.25, -0.2) is 9.00 Å². The molecule has 9 nitrogen and oxygen atoms in total. The molecule has 2 saturated carbocycles. The van der Waals surface area contributed by atoms with E-state index in [2.05, 4.69) is 56.6 Å². The van der Waals surface area contributed by atoms with Gasteiger partial charge in [-0.05, 0) is 98.3 Å².